The monoisotopic (exact) mass is 264 g/mol. The Hall–Kier alpha value is -2.68. The highest BCUT2D eigenvalue weighted by molar-refractivity contribution is 5.79. The third-order valence-electron chi connectivity index (χ3n) is 2.98. The van der Waals surface area contributed by atoms with Gasteiger partial charge in [-0.3, -0.25) is 4.98 Å². The molecule has 0 spiro atoms. The van der Waals surface area contributed by atoms with Crippen molar-refractivity contribution >= 4 is 11.4 Å². The molecule has 3 heteroatoms. The van der Waals surface area contributed by atoms with Crippen molar-refractivity contribution in [2.24, 2.45) is 0 Å². The van der Waals surface area contributed by atoms with E-state index in [1.165, 1.54) is 12.1 Å². The van der Waals surface area contributed by atoms with Crippen molar-refractivity contribution in [2.45, 2.75) is 0 Å². The molecule has 0 atom stereocenters. The lowest BCUT2D eigenvalue weighted by atomic mass is 10.1. The minimum atomic E-state index is -0.275. The lowest BCUT2D eigenvalue weighted by molar-refractivity contribution is 0.628. The van der Waals surface area contributed by atoms with E-state index in [1.807, 2.05) is 48.5 Å². The molecule has 98 valence electrons. The summed E-state index contributed by atoms with van der Waals surface area (Å²) in [6.45, 7) is 0. The van der Waals surface area contributed by atoms with Crippen LogP contribution in [0.15, 0.2) is 72.9 Å². The van der Waals surface area contributed by atoms with Crippen molar-refractivity contribution in [1.29, 1.82) is 0 Å². The highest BCUT2D eigenvalue weighted by atomic mass is 19.1. The zero-order valence-corrected chi connectivity index (χ0v) is 10.8. The van der Waals surface area contributed by atoms with Crippen molar-refractivity contribution in [3.05, 3.63) is 78.7 Å². The molecule has 0 saturated carbocycles. The van der Waals surface area contributed by atoms with Gasteiger partial charge in [-0.25, -0.2) is 4.39 Å². The van der Waals surface area contributed by atoms with Crippen LogP contribution in [0.3, 0.4) is 0 Å². The van der Waals surface area contributed by atoms with Crippen LogP contribution in [0.2, 0.25) is 0 Å². The molecular weight excluding hydrogens is 251 g/mol. The number of halogens is 1. The maximum absolute atomic E-state index is 13.5. The summed E-state index contributed by atoms with van der Waals surface area (Å²) in [5, 5.41) is 3.23. The summed E-state index contributed by atoms with van der Waals surface area (Å²) in [6.07, 6.45) is 1.73. The van der Waals surface area contributed by atoms with Crippen molar-refractivity contribution in [3.8, 4) is 11.3 Å². The molecule has 1 N–H and O–H groups in total. The Balaban J connectivity index is 2.03. The maximum atomic E-state index is 13.5. The van der Waals surface area contributed by atoms with Crippen LogP contribution in [-0.4, -0.2) is 4.98 Å². The first kappa shape index (κ1) is 12.4. The second-order valence-corrected chi connectivity index (χ2v) is 4.40. The van der Waals surface area contributed by atoms with Crippen molar-refractivity contribution in [2.75, 3.05) is 5.32 Å². The topological polar surface area (TPSA) is 24.9 Å². The molecular formula is C17H13FN2. The summed E-state index contributed by atoms with van der Waals surface area (Å²) in [4.78, 5) is 4.32. The van der Waals surface area contributed by atoms with E-state index in [4.69, 9.17) is 0 Å². The maximum Gasteiger partial charge on any atom is 0.125 e. The fourth-order valence-electron chi connectivity index (χ4n) is 2.04. The first-order chi connectivity index (χ1) is 9.83. The van der Waals surface area contributed by atoms with E-state index in [2.05, 4.69) is 10.3 Å². The number of benzene rings is 2. The molecule has 0 aliphatic carbocycles. The van der Waals surface area contributed by atoms with Crippen LogP contribution in [0, 0.1) is 5.82 Å². The van der Waals surface area contributed by atoms with Crippen LogP contribution in [0.4, 0.5) is 15.8 Å². The summed E-state index contributed by atoms with van der Waals surface area (Å²) in [6, 6.07) is 20.0. The van der Waals surface area contributed by atoms with Crippen LogP contribution < -0.4 is 5.32 Å². The van der Waals surface area contributed by atoms with Crippen molar-refractivity contribution in [3.63, 3.8) is 0 Å². The molecule has 0 amide bonds. The third kappa shape index (κ3) is 2.67. The molecule has 0 bridgehead atoms. The van der Waals surface area contributed by atoms with Gasteiger partial charge in [-0.05, 0) is 42.5 Å². The van der Waals surface area contributed by atoms with Gasteiger partial charge < -0.3 is 5.32 Å². The molecule has 0 radical (unpaired) electrons. The minimum absolute atomic E-state index is 0.275. The smallest absolute Gasteiger partial charge is 0.125 e. The predicted octanol–water partition coefficient (Wildman–Crippen LogP) is 4.63. The largest absolute Gasteiger partial charge is 0.355 e. The highest BCUT2D eigenvalue weighted by Crippen LogP contribution is 2.29. The van der Waals surface area contributed by atoms with E-state index in [9.17, 15) is 4.39 Å². The van der Waals surface area contributed by atoms with Crippen LogP contribution >= 0.6 is 0 Å². The zero-order chi connectivity index (χ0) is 13.8. The summed E-state index contributed by atoms with van der Waals surface area (Å²) in [7, 11) is 0. The quantitative estimate of drug-likeness (QED) is 0.746. The Morgan fingerprint density at radius 1 is 0.850 bits per heavy atom. The molecule has 20 heavy (non-hydrogen) atoms. The summed E-state index contributed by atoms with van der Waals surface area (Å²) >= 11 is 0. The number of rotatable bonds is 3. The standard InChI is InChI=1S/C17H13FN2/c18-13-9-10-15(16-8-4-5-11-19-16)17(12-13)20-14-6-2-1-3-7-14/h1-12,20H. The Morgan fingerprint density at radius 2 is 1.65 bits per heavy atom. The lowest BCUT2D eigenvalue weighted by Crippen LogP contribution is -1.95. The van der Waals surface area contributed by atoms with Gasteiger partial charge in [0.1, 0.15) is 5.82 Å². The minimum Gasteiger partial charge on any atom is -0.355 e. The molecule has 0 saturated heterocycles. The zero-order valence-electron chi connectivity index (χ0n) is 10.8. The number of aromatic nitrogens is 1. The fraction of sp³-hybridized carbons (Fsp3) is 0. The second-order valence-electron chi connectivity index (χ2n) is 4.40. The van der Waals surface area contributed by atoms with Crippen LogP contribution in [0.25, 0.3) is 11.3 Å². The molecule has 1 aromatic heterocycles. The average molecular weight is 264 g/mol. The first-order valence-corrected chi connectivity index (χ1v) is 6.36. The molecule has 0 unspecified atom stereocenters. The Labute approximate surface area is 116 Å². The van der Waals surface area contributed by atoms with E-state index >= 15 is 0 Å². The average Bonchev–Trinajstić information content (AvgIpc) is 2.49. The number of hydrogen-bond donors (Lipinski definition) is 1. The molecule has 0 aliphatic heterocycles. The van der Waals surface area contributed by atoms with Crippen molar-refractivity contribution < 1.29 is 4.39 Å². The van der Waals surface area contributed by atoms with Gasteiger partial charge in [-0.15, -0.1) is 0 Å². The number of pyridine rings is 1. The third-order valence-corrected chi connectivity index (χ3v) is 2.98. The first-order valence-electron chi connectivity index (χ1n) is 6.36. The van der Waals surface area contributed by atoms with E-state index in [0.717, 1.165) is 16.9 Å². The summed E-state index contributed by atoms with van der Waals surface area (Å²) in [5.41, 5.74) is 3.30. The number of para-hydroxylation sites is 1. The number of hydrogen-bond acceptors (Lipinski definition) is 2. The highest BCUT2D eigenvalue weighted by Gasteiger charge is 2.07. The van der Waals surface area contributed by atoms with Crippen molar-refractivity contribution in [1.82, 2.24) is 4.98 Å². The molecule has 1 heterocycles. The Morgan fingerprint density at radius 3 is 2.40 bits per heavy atom. The van der Waals surface area contributed by atoms with E-state index in [1.54, 1.807) is 12.3 Å². The van der Waals surface area contributed by atoms with Gasteiger partial charge >= 0.3 is 0 Å². The van der Waals surface area contributed by atoms with Gasteiger partial charge in [-0.1, -0.05) is 24.3 Å². The fourth-order valence-corrected chi connectivity index (χ4v) is 2.04. The van der Waals surface area contributed by atoms with Gasteiger partial charge in [-0.2, -0.15) is 0 Å². The van der Waals surface area contributed by atoms with Gasteiger partial charge in [0.15, 0.2) is 0 Å². The molecule has 2 aromatic carbocycles. The SMILES string of the molecule is Fc1ccc(-c2ccccn2)c(Nc2ccccc2)c1. The normalized spacial score (nSPS) is 10.2. The Bertz CT molecular complexity index is 697. The lowest BCUT2D eigenvalue weighted by Gasteiger charge is -2.12. The predicted molar refractivity (Wildman–Crippen MR) is 79.4 cm³/mol. The van der Waals surface area contributed by atoms with Gasteiger partial charge in [0.05, 0.1) is 11.4 Å². The Kier molecular flexibility index (Phi) is 3.42. The van der Waals surface area contributed by atoms with E-state index in [-0.39, 0.29) is 5.82 Å². The van der Waals surface area contributed by atoms with E-state index in [0.29, 0.717) is 5.69 Å². The van der Waals surface area contributed by atoms with Crippen LogP contribution in [0.1, 0.15) is 0 Å². The molecule has 3 rings (SSSR count). The van der Waals surface area contributed by atoms with Gasteiger partial charge in [0, 0.05) is 17.4 Å². The number of anilines is 2. The summed E-state index contributed by atoms with van der Waals surface area (Å²) in [5.74, 6) is -0.275. The molecule has 0 fully saturated rings. The second kappa shape index (κ2) is 5.53. The summed E-state index contributed by atoms with van der Waals surface area (Å²) < 4.78 is 13.5. The molecule has 2 nitrogen and oxygen atoms in total. The van der Waals surface area contributed by atoms with Crippen LogP contribution in [0.5, 0.6) is 0 Å². The van der Waals surface area contributed by atoms with Gasteiger partial charge in [0.25, 0.3) is 0 Å². The van der Waals surface area contributed by atoms with E-state index < -0.39 is 0 Å². The molecule has 3 aromatic rings. The number of nitrogens with one attached hydrogen (secondary N) is 1. The van der Waals surface area contributed by atoms with Gasteiger partial charge in [0.2, 0.25) is 0 Å². The van der Waals surface area contributed by atoms with Crippen LogP contribution in [-0.2, 0) is 0 Å². The molecule has 0 aliphatic rings. The number of nitrogens with zero attached hydrogens (tertiary/aromatic N) is 1.